The van der Waals surface area contributed by atoms with Crippen molar-refractivity contribution in [1.29, 1.82) is 0 Å². The molecule has 0 saturated carbocycles. The SMILES string of the molecule is CSCCCCCCNC(C)c1sccc1C. The summed E-state index contributed by atoms with van der Waals surface area (Å²) in [7, 11) is 0. The zero-order valence-corrected chi connectivity index (χ0v) is 12.9. The highest BCUT2D eigenvalue weighted by Crippen LogP contribution is 2.23. The monoisotopic (exact) mass is 271 g/mol. The fourth-order valence-corrected chi connectivity index (χ4v) is 3.42. The van der Waals surface area contributed by atoms with Crippen LogP contribution in [0.2, 0.25) is 0 Å². The van der Waals surface area contributed by atoms with Crippen molar-refractivity contribution >= 4 is 23.1 Å². The molecule has 1 unspecified atom stereocenters. The van der Waals surface area contributed by atoms with Gasteiger partial charge in [-0.15, -0.1) is 11.3 Å². The summed E-state index contributed by atoms with van der Waals surface area (Å²) < 4.78 is 0. The fourth-order valence-electron chi connectivity index (χ4n) is 1.96. The first-order valence-electron chi connectivity index (χ1n) is 6.52. The Kier molecular flexibility index (Phi) is 7.99. The van der Waals surface area contributed by atoms with Crippen LogP contribution in [0.15, 0.2) is 11.4 Å². The number of nitrogens with one attached hydrogen (secondary N) is 1. The number of thiophene rings is 1. The first-order chi connectivity index (χ1) is 8.25. The summed E-state index contributed by atoms with van der Waals surface area (Å²) in [5.74, 6) is 1.32. The second-order valence-electron chi connectivity index (χ2n) is 4.55. The molecule has 3 heteroatoms. The maximum absolute atomic E-state index is 3.62. The lowest BCUT2D eigenvalue weighted by atomic mass is 10.1. The van der Waals surface area contributed by atoms with Crippen molar-refractivity contribution in [3.63, 3.8) is 0 Å². The summed E-state index contributed by atoms with van der Waals surface area (Å²) in [6.45, 7) is 5.62. The van der Waals surface area contributed by atoms with E-state index in [0.717, 1.165) is 6.54 Å². The van der Waals surface area contributed by atoms with Crippen LogP contribution < -0.4 is 5.32 Å². The van der Waals surface area contributed by atoms with Crippen molar-refractivity contribution in [2.75, 3.05) is 18.6 Å². The van der Waals surface area contributed by atoms with Crippen LogP contribution in [0.4, 0.5) is 0 Å². The Morgan fingerprint density at radius 1 is 1.29 bits per heavy atom. The largest absolute Gasteiger partial charge is 0.309 e. The molecular weight excluding hydrogens is 246 g/mol. The van der Waals surface area contributed by atoms with Gasteiger partial charge in [0.1, 0.15) is 0 Å². The van der Waals surface area contributed by atoms with Gasteiger partial charge in [0.15, 0.2) is 0 Å². The minimum absolute atomic E-state index is 0.515. The molecule has 0 aromatic carbocycles. The lowest BCUT2D eigenvalue weighted by Crippen LogP contribution is -2.19. The van der Waals surface area contributed by atoms with E-state index in [1.165, 1.54) is 41.9 Å². The molecular formula is C14H25NS2. The van der Waals surface area contributed by atoms with Crippen LogP contribution in [0.25, 0.3) is 0 Å². The minimum atomic E-state index is 0.515. The second-order valence-corrected chi connectivity index (χ2v) is 6.48. The van der Waals surface area contributed by atoms with Crippen LogP contribution in [0.3, 0.4) is 0 Å². The third-order valence-electron chi connectivity index (χ3n) is 3.02. The summed E-state index contributed by atoms with van der Waals surface area (Å²) in [4.78, 5) is 1.49. The molecule has 98 valence electrons. The number of hydrogen-bond donors (Lipinski definition) is 1. The van der Waals surface area contributed by atoms with Gasteiger partial charge in [0.2, 0.25) is 0 Å². The molecule has 0 aliphatic heterocycles. The summed E-state index contributed by atoms with van der Waals surface area (Å²) >= 11 is 3.82. The molecule has 1 heterocycles. The van der Waals surface area contributed by atoms with Gasteiger partial charge >= 0.3 is 0 Å². The van der Waals surface area contributed by atoms with E-state index in [4.69, 9.17) is 0 Å². The number of hydrogen-bond acceptors (Lipinski definition) is 3. The third kappa shape index (κ3) is 5.94. The fraction of sp³-hybridized carbons (Fsp3) is 0.714. The van der Waals surface area contributed by atoms with Gasteiger partial charge in [0, 0.05) is 10.9 Å². The number of unbranched alkanes of at least 4 members (excludes halogenated alkanes) is 3. The highest BCUT2D eigenvalue weighted by molar-refractivity contribution is 7.98. The normalized spacial score (nSPS) is 12.9. The predicted octanol–water partition coefficient (Wildman–Crippen LogP) is 4.63. The van der Waals surface area contributed by atoms with Gasteiger partial charge in [0.05, 0.1) is 0 Å². The standard InChI is InChI=1S/C14H25NS2/c1-12-8-11-17-14(12)13(2)15-9-6-4-5-7-10-16-3/h8,11,13,15H,4-7,9-10H2,1-3H3. The van der Waals surface area contributed by atoms with Crippen LogP contribution in [0.1, 0.15) is 49.1 Å². The molecule has 0 fully saturated rings. The first-order valence-corrected chi connectivity index (χ1v) is 8.79. The Balaban J connectivity index is 2.05. The van der Waals surface area contributed by atoms with Gasteiger partial charge in [-0.05, 0) is 62.3 Å². The number of rotatable bonds is 9. The van der Waals surface area contributed by atoms with E-state index in [-0.39, 0.29) is 0 Å². The van der Waals surface area contributed by atoms with Gasteiger partial charge in [-0.1, -0.05) is 12.8 Å². The van der Waals surface area contributed by atoms with E-state index in [0.29, 0.717) is 6.04 Å². The summed E-state index contributed by atoms with van der Waals surface area (Å²) in [6.07, 6.45) is 7.62. The Bertz CT molecular complexity index is 296. The molecule has 0 aliphatic carbocycles. The third-order valence-corrected chi connectivity index (χ3v) is 4.92. The van der Waals surface area contributed by atoms with Crippen molar-refractivity contribution in [1.82, 2.24) is 5.32 Å². The molecule has 1 aromatic heterocycles. The minimum Gasteiger partial charge on any atom is -0.309 e. The Morgan fingerprint density at radius 3 is 2.71 bits per heavy atom. The molecule has 1 atom stereocenters. The lowest BCUT2D eigenvalue weighted by molar-refractivity contribution is 0.541. The van der Waals surface area contributed by atoms with Crippen molar-refractivity contribution in [3.8, 4) is 0 Å². The number of thioether (sulfide) groups is 1. The summed E-state index contributed by atoms with van der Waals surface area (Å²) in [6, 6.07) is 2.72. The molecule has 17 heavy (non-hydrogen) atoms. The average Bonchev–Trinajstić information content (AvgIpc) is 2.74. The number of aryl methyl sites for hydroxylation is 1. The lowest BCUT2D eigenvalue weighted by Gasteiger charge is -2.13. The van der Waals surface area contributed by atoms with Crippen molar-refractivity contribution in [3.05, 3.63) is 21.9 Å². The van der Waals surface area contributed by atoms with E-state index in [1.54, 1.807) is 0 Å². The Labute approximate surface area is 114 Å². The predicted molar refractivity (Wildman–Crippen MR) is 82.3 cm³/mol. The van der Waals surface area contributed by atoms with Crippen LogP contribution in [-0.2, 0) is 0 Å². The van der Waals surface area contributed by atoms with E-state index in [2.05, 4.69) is 36.9 Å². The Morgan fingerprint density at radius 2 is 2.06 bits per heavy atom. The zero-order valence-electron chi connectivity index (χ0n) is 11.3. The molecule has 0 spiro atoms. The molecule has 1 aromatic rings. The smallest absolute Gasteiger partial charge is 0.0388 e. The first kappa shape index (κ1) is 15.1. The molecule has 0 radical (unpaired) electrons. The van der Waals surface area contributed by atoms with Crippen molar-refractivity contribution in [2.24, 2.45) is 0 Å². The summed E-state index contributed by atoms with van der Waals surface area (Å²) in [5, 5.41) is 5.81. The van der Waals surface area contributed by atoms with Crippen molar-refractivity contribution < 1.29 is 0 Å². The van der Waals surface area contributed by atoms with Crippen molar-refractivity contribution in [2.45, 2.75) is 45.6 Å². The quantitative estimate of drug-likeness (QED) is 0.657. The maximum atomic E-state index is 3.62. The van der Waals surface area contributed by atoms with Crippen LogP contribution in [0.5, 0.6) is 0 Å². The van der Waals surface area contributed by atoms with E-state index in [9.17, 15) is 0 Å². The average molecular weight is 271 g/mol. The van der Waals surface area contributed by atoms with Gasteiger partial charge in [-0.2, -0.15) is 11.8 Å². The highest BCUT2D eigenvalue weighted by Gasteiger charge is 2.08. The van der Waals surface area contributed by atoms with Gasteiger partial charge in [-0.3, -0.25) is 0 Å². The molecule has 0 bridgehead atoms. The van der Waals surface area contributed by atoms with E-state index < -0.39 is 0 Å². The van der Waals surface area contributed by atoms with Crippen LogP contribution >= 0.6 is 23.1 Å². The van der Waals surface area contributed by atoms with Gasteiger partial charge in [0.25, 0.3) is 0 Å². The second kappa shape index (κ2) is 9.01. The van der Waals surface area contributed by atoms with Gasteiger partial charge < -0.3 is 5.32 Å². The van der Waals surface area contributed by atoms with Crippen LogP contribution in [0, 0.1) is 6.92 Å². The zero-order chi connectivity index (χ0) is 12.5. The van der Waals surface area contributed by atoms with Gasteiger partial charge in [-0.25, -0.2) is 0 Å². The maximum Gasteiger partial charge on any atom is 0.0388 e. The highest BCUT2D eigenvalue weighted by atomic mass is 32.2. The summed E-state index contributed by atoms with van der Waals surface area (Å²) in [5.41, 5.74) is 1.43. The molecule has 0 aliphatic rings. The molecule has 0 amide bonds. The van der Waals surface area contributed by atoms with Crippen LogP contribution in [-0.4, -0.2) is 18.6 Å². The topological polar surface area (TPSA) is 12.0 Å². The molecule has 1 nitrogen and oxygen atoms in total. The van der Waals surface area contributed by atoms with E-state index in [1.807, 2.05) is 23.1 Å². The van der Waals surface area contributed by atoms with E-state index >= 15 is 0 Å². The molecule has 1 N–H and O–H groups in total. The molecule has 0 saturated heterocycles. The molecule has 1 rings (SSSR count). The Hall–Kier alpha value is 0.0100.